The Bertz CT molecular complexity index is 1060. The van der Waals surface area contributed by atoms with Crippen molar-refractivity contribution in [2.45, 2.75) is 64.5 Å². The maximum Gasteiger partial charge on any atom is 0.407 e. The van der Waals surface area contributed by atoms with E-state index in [1.54, 1.807) is 20.8 Å². The summed E-state index contributed by atoms with van der Waals surface area (Å²) in [6.07, 6.45) is 2.18. The number of amides is 2. The van der Waals surface area contributed by atoms with Gasteiger partial charge >= 0.3 is 12.1 Å². The van der Waals surface area contributed by atoms with Crippen molar-refractivity contribution in [1.29, 1.82) is 0 Å². The summed E-state index contributed by atoms with van der Waals surface area (Å²) >= 11 is 0. The predicted molar refractivity (Wildman–Crippen MR) is 133 cm³/mol. The fourth-order valence-corrected chi connectivity index (χ4v) is 5.27. The predicted octanol–water partition coefficient (Wildman–Crippen LogP) is 4.70. The molecule has 2 amide bonds. The third-order valence-electron chi connectivity index (χ3n) is 7.11. The molecule has 2 unspecified atom stereocenters. The first-order valence-corrected chi connectivity index (χ1v) is 12.3. The van der Waals surface area contributed by atoms with Gasteiger partial charge in [-0.3, -0.25) is 4.79 Å². The largest absolute Gasteiger partial charge is 0.480 e. The maximum absolute atomic E-state index is 12.8. The molecule has 186 valence electrons. The molecule has 0 heterocycles. The van der Waals surface area contributed by atoms with Gasteiger partial charge in [0.15, 0.2) is 0 Å². The highest BCUT2D eigenvalue weighted by Gasteiger charge is 2.36. The molecule has 4 rings (SSSR count). The van der Waals surface area contributed by atoms with Crippen molar-refractivity contribution < 1.29 is 24.2 Å². The van der Waals surface area contributed by atoms with Crippen molar-refractivity contribution in [3.63, 3.8) is 0 Å². The van der Waals surface area contributed by atoms with Gasteiger partial charge in [0.05, 0.1) is 0 Å². The summed E-state index contributed by atoms with van der Waals surface area (Å²) in [6.45, 7) is 5.60. The Balaban J connectivity index is 1.33. The van der Waals surface area contributed by atoms with Crippen LogP contribution in [-0.2, 0) is 14.3 Å². The lowest BCUT2D eigenvalue weighted by atomic mass is 9.83. The number of hydrogen-bond donors (Lipinski definition) is 3. The topological polar surface area (TPSA) is 105 Å². The number of nitrogens with one attached hydrogen (secondary N) is 2. The third kappa shape index (κ3) is 5.50. The van der Waals surface area contributed by atoms with E-state index in [9.17, 15) is 19.5 Å². The first-order chi connectivity index (χ1) is 16.6. The van der Waals surface area contributed by atoms with Crippen molar-refractivity contribution >= 4 is 18.0 Å². The van der Waals surface area contributed by atoms with E-state index in [1.165, 1.54) is 11.1 Å². The van der Waals surface area contributed by atoms with Crippen molar-refractivity contribution in [3.05, 3.63) is 59.7 Å². The smallest absolute Gasteiger partial charge is 0.407 e. The SMILES string of the molecule is CC(C)(C)[C@H](NC(=O)C1CCCC(NC(=O)OCC2c3ccccc3-c3ccccc32)C1)C(=O)O. The Morgan fingerprint density at radius 2 is 1.60 bits per heavy atom. The zero-order valence-corrected chi connectivity index (χ0v) is 20.5. The zero-order valence-electron chi connectivity index (χ0n) is 20.5. The number of fused-ring (bicyclic) bond motifs is 3. The van der Waals surface area contributed by atoms with Crippen LogP contribution in [0.1, 0.15) is 63.5 Å². The molecule has 7 heteroatoms. The van der Waals surface area contributed by atoms with E-state index in [-0.39, 0.29) is 30.4 Å². The average molecular weight is 479 g/mol. The van der Waals surface area contributed by atoms with Gasteiger partial charge in [0.1, 0.15) is 12.6 Å². The highest BCUT2D eigenvalue weighted by atomic mass is 16.5. The molecule has 2 aromatic carbocycles. The second-order valence-corrected chi connectivity index (χ2v) is 10.7. The second-order valence-electron chi connectivity index (χ2n) is 10.7. The molecular weight excluding hydrogens is 444 g/mol. The van der Waals surface area contributed by atoms with E-state index >= 15 is 0 Å². The molecule has 0 spiro atoms. The Morgan fingerprint density at radius 3 is 2.17 bits per heavy atom. The van der Waals surface area contributed by atoms with Crippen LogP contribution < -0.4 is 10.6 Å². The van der Waals surface area contributed by atoms with E-state index in [1.807, 2.05) is 24.3 Å². The number of carboxylic acids is 1. The number of benzene rings is 2. The van der Waals surface area contributed by atoms with Crippen LogP contribution in [0.4, 0.5) is 4.79 Å². The number of ether oxygens (including phenoxy) is 1. The van der Waals surface area contributed by atoms with Crippen molar-refractivity contribution in [2.24, 2.45) is 11.3 Å². The fourth-order valence-electron chi connectivity index (χ4n) is 5.27. The van der Waals surface area contributed by atoms with Gasteiger partial charge in [-0.25, -0.2) is 9.59 Å². The number of carboxylic acid groups (broad SMARTS) is 1. The van der Waals surface area contributed by atoms with Crippen LogP contribution in [0.2, 0.25) is 0 Å². The Morgan fingerprint density at radius 1 is 1.00 bits per heavy atom. The lowest BCUT2D eigenvalue weighted by Gasteiger charge is -2.32. The minimum absolute atomic E-state index is 0.0108. The Hall–Kier alpha value is -3.35. The van der Waals surface area contributed by atoms with Crippen LogP contribution >= 0.6 is 0 Å². The zero-order chi connectivity index (χ0) is 25.2. The molecule has 2 aromatic rings. The van der Waals surface area contributed by atoms with Gasteiger partial charge in [-0.1, -0.05) is 75.7 Å². The molecule has 0 radical (unpaired) electrons. The van der Waals surface area contributed by atoms with Gasteiger partial charge in [-0.15, -0.1) is 0 Å². The highest BCUT2D eigenvalue weighted by molar-refractivity contribution is 5.85. The summed E-state index contributed by atoms with van der Waals surface area (Å²) in [5.41, 5.74) is 4.06. The Kier molecular flexibility index (Phi) is 7.15. The summed E-state index contributed by atoms with van der Waals surface area (Å²) in [7, 11) is 0. The summed E-state index contributed by atoms with van der Waals surface area (Å²) in [5.74, 6) is -1.67. The minimum Gasteiger partial charge on any atom is -0.480 e. The van der Waals surface area contributed by atoms with Crippen LogP contribution in [0.3, 0.4) is 0 Å². The molecule has 7 nitrogen and oxygen atoms in total. The number of alkyl carbamates (subject to hydrolysis) is 1. The number of carbonyl (C=O) groups is 3. The van der Waals surface area contributed by atoms with E-state index in [0.29, 0.717) is 12.8 Å². The first kappa shape index (κ1) is 24.8. The molecule has 0 aromatic heterocycles. The minimum atomic E-state index is -1.05. The van der Waals surface area contributed by atoms with Crippen LogP contribution in [0.15, 0.2) is 48.5 Å². The van der Waals surface area contributed by atoms with Gasteiger partial charge in [0.2, 0.25) is 5.91 Å². The van der Waals surface area contributed by atoms with Crippen molar-refractivity contribution in [1.82, 2.24) is 10.6 Å². The van der Waals surface area contributed by atoms with Crippen molar-refractivity contribution in [3.8, 4) is 11.1 Å². The van der Waals surface area contributed by atoms with Gasteiger partial charge in [0, 0.05) is 17.9 Å². The molecule has 3 atom stereocenters. The highest BCUT2D eigenvalue weighted by Crippen LogP contribution is 2.44. The summed E-state index contributed by atoms with van der Waals surface area (Å²) in [6, 6.07) is 15.2. The summed E-state index contributed by atoms with van der Waals surface area (Å²) in [5, 5.41) is 15.1. The normalized spacial score (nSPS) is 20.3. The fraction of sp³-hybridized carbons (Fsp3) is 0.464. The molecule has 0 aliphatic heterocycles. The first-order valence-electron chi connectivity index (χ1n) is 12.3. The molecule has 0 saturated heterocycles. The Labute approximate surface area is 206 Å². The monoisotopic (exact) mass is 478 g/mol. The van der Waals surface area contributed by atoms with Crippen molar-refractivity contribution in [2.75, 3.05) is 6.61 Å². The third-order valence-corrected chi connectivity index (χ3v) is 7.11. The lowest BCUT2D eigenvalue weighted by Crippen LogP contribution is -2.52. The summed E-state index contributed by atoms with van der Waals surface area (Å²) in [4.78, 5) is 37.1. The van der Waals surface area contributed by atoms with E-state index in [2.05, 4.69) is 34.9 Å². The lowest BCUT2D eigenvalue weighted by molar-refractivity contribution is -0.145. The second kappa shape index (κ2) is 10.1. The van der Waals surface area contributed by atoms with Crippen LogP contribution in [0.5, 0.6) is 0 Å². The van der Waals surface area contributed by atoms with E-state index < -0.39 is 23.5 Å². The maximum atomic E-state index is 12.8. The van der Waals surface area contributed by atoms with Crippen LogP contribution in [0.25, 0.3) is 11.1 Å². The van der Waals surface area contributed by atoms with Gasteiger partial charge in [0.25, 0.3) is 0 Å². The van der Waals surface area contributed by atoms with E-state index in [4.69, 9.17) is 4.74 Å². The number of rotatable bonds is 6. The quantitative estimate of drug-likeness (QED) is 0.558. The van der Waals surface area contributed by atoms with Crippen LogP contribution in [0, 0.1) is 11.3 Å². The molecule has 35 heavy (non-hydrogen) atoms. The van der Waals surface area contributed by atoms with E-state index in [0.717, 1.165) is 24.0 Å². The number of carbonyl (C=O) groups excluding carboxylic acids is 2. The molecule has 0 bridgehead atoms. The number of hydrogen-bond acceptors (Lipinski definition) is 4. The summed E-state index contributed by atoms with van der Waals surface area (Å²) < 4.78 is 5.65. The van der Waals surface area contributed by atoms with Crippen LogP contribution in [-0.4, -0.2) is 41.8 Å². The van der Waals surface area contributed by atoms with Gasteiger partial charge < -0.3 is 20.5 Å². The van der Waals surface area contributed by atoms with Gasteiger partial charge in [-0.05, 0) is 46.9 Å². The average Bonchev–Trinajstić information content (AvgIpc) is 3.14. The molecule has 1 fully saturated rings. The van der Waals surface area contributed by atoms with Gasteiger partial charge in [-0.2, -0.15) is 0 Å². The standard InChI is InChI=1S/C28H34N2O5/c1-28(2,3)24(26(32)33)30-25(31)17-9-8-10-18(15-17)29-27(34)35-16-23-21-13-6-4-11-19(21)20-12-5-7-14-22(20)23/h4-7,11-14,17-18,23-24H,8-10,15-16H2,1-3H3,(H,29,34)(H,30,31)(H,32,33)/t17?,18?,24-/m1/s1. The molecule has 1 saturated carbocycles. The molecule has 2 aliphatic carbocycles. The number of aliphatic carboxylic acids is 1. The molecular formula is C28H34N2O5. The molecule has 3 N–H and O–H groups in total. The molecule has 2 aliphatic rings.